The molecule has 0 unspecified atom stereocenters. The van der Waals surface area contributed by atoms with Gasteiger partial charge in [0.1, 0.15) is 0 Å². The number of hydrogen-bond donors (Lipinski definition) is 2. The molecule has 2 aliphatic rings. The third kappa shape index (κ3) is 1.81. The molecular formula is C15H17NO3. The molecule has 0 radical (unpaired) electrons. The highest BCUT2D eigenvalue weighted by Crippen LogP contribution is 2.54. The van der Waals surface area contributed by atoms with Crippen LogP contribution in [0.3, 0.4) is 0 Å². The van der Waals surface area contributed by atoms with Crippen LogP contribution in [0.5, 0.6) is 0 Å². The second-order valence-corrected chi connectivity index (χ2v) is 5.14. The van der Waals surface area contributed by atoms with Gasteiger partial charge in [-0.05, 0) is 19.1 Å². The van der Waals surface area contributed by atoms with E-state index in [0.29, 0.717) is 11.3 Å². The third-order valence-corrected chi connectivity index (χ3v) is 4.25. The van der Waals surface area contributed by atoms with Gasteiger partial charge in [-0.25, -0.2) is 0 Å². The quantitative estimate of drug-likeness (QED) is 0.452. The van der Waals surface area contributed by atoms with Gasteiger partial charge in [0.2, 0.25) is 0 Å². The topological polar surface area (TPSA) is 66.4 Å². The van der Waals surface area contributed by atoms with E-state index in [4.69, 9.17) is 5.21 Å². The van der Waals surface area contributed by atoms with Gasteiger partial charge < -0.3 is 0 Å². The van der Waals surface area contributed by atoms with Gasteiger partial charge in [0.25, 0.3) is 0 Å². The Bertz CT molecular complexity index is 552. The first-order valence-corrected chi connectivity index (χ1v) is 6.22. The SMILES string of the molecule is C=C=C[C@]12C=CC(=O)C[C@H]1/C(=C(/C)NO)C(=O)[C@H]2C. The molecule has 0 bridgehead atoms. The molecule has 2 rings (SSSR count). The van der Waals surface area contributed by atoms with Crippen LogP contribution in [-0.2, 0) is 9.59 Å². The highest BCUT2D eigenvalue weighted by atomic mass is 16.5. The number of ketones is 2. The molecule has 2 aliphatic carbocycles. The van der Waals surface area contributed by atoms with Gasteiger partial charge in [-0.1, -0.05) is 19.6 Å². The number of fused-ring (bicyclic) bond motifs is 1. The van der Waals surface area contributed by atoms with Crippen molar-refractivity contribution in [3.05, 3.63) is 41.8 Å². The highest BCUT2D eigenvalue weighted by molar-refractivity contribution is 6.05. The molecule has 0 saturated heterocycles. The van der Waals surface area contributed by atoms with Crippen LogP contribution in [0.15, 0.2) is 41.8 Å². The first-order chi connectivity index (χ1) is 8.97. The van der Waals surface area contributed by atoms with Crippen LogP contribution in [0, 0.1) is 17.3 Å². The minimum Gasteiger partial charge on any atom is -0.295 e. The van der Waals surface area contributed by atoms with Gasteiger partial charge in [-0.3, -0.25) is 20.3 Å². The van der Waals surface area contributed by atoms with Crippen LogP contribution in [-0.4, -0.2) is 16.8 Å². The lowest BCUT2D eigenvalue weighted by Crippen LogP contribution is -2.32. The minimum atomic E-state index is -0.555. The smallest absolute Gasteiger partial charge is 0.165 e. The molecule has 0 aromatic heterocycles. The number of nitrogens with one attached hydrogen (secondary N) is 1. The molecule has 0 heterocycles. The van der Waals surface area contributed by atoms with Gasteiger partial charge in [-0.2, -0.15) is 0 Å². The van der Waals surface area contributed by atoms with Crippen molar-refractivity contribution in [3.8, 4) is 0 Å². The normalized spacial score (nSPS) is 35.7. The van der Waals surface area contributed by atoms with Crippen molar-refractivity contribution in [1.29, 1.82) is 0 Å². The van der Waals surface area contributed by atoms with E-state index in [-0.39, 0.29) is 29.8 Å². The first kappa shape index (κ1) is 13.5. The zero-order chi connectivity index (χ0) is 14.2. The lowest BCUT2D eigenvalue weighted by molar-refractivity contribution is -0.119. The lowest BCUT2D eigenvalue weighted by Gasteiger charge is -2.34. The molecule has 19 heavy (non-hydrogen) atoms. The van der Waals surface area contributed by atoms with Crippen molar-refractivity contribution in [2.24, 2.45) is 17.3 Å². The molecule has 0 aliphatic heterocycles. The van der Waals surface area contributed by atoms with Gasteiger partial charge in [0.15, 0.2) is 11.6 Å². The molecule has 0 aromatic carbocycles. The average molecular weight is 259 g/mol. The molecule has 100 valence electrons. The summed E-state index contributed by atoms with van der Waals surface area (Å²) >= 11 is 0. The summed E-state index contributed by atoms with van der Waals surface area (Å²) in [5, 5.41) is 9.07. The molecule has 0 aromatic rings. The number of Topliss-reactive ketones (excluding diaryl/α,β-unsaturated/α-hetero) is 1. The van der Waals surface area contributed by atoms with Gasteiger partial charge in [0, 0.05) is 34.9 Å². The van der Waals surface area contributed by atoms with Crippen LogP contribution in [0.1, 0.15) is 20.3 Å². The zero-order valence-corrected chi connectivity index (χ0v) is 11.1. The number of carbonyl (C=O) groups is 2. The van der Waals surface area contributed by atoms with Crippen LogP contribution >= 0.6 is 0 Å². The Morgan fingerprint density at radius 1 is 1.63 bits per heavy atom. The molecule has 4 heteroatoms. The fourth-order valence-corrected chi connectivity index (χ4v) is 3.19. The summed E-state index contributed by atoms with van der Waals surface area (Å²) in [7, 11) is 0. The Labute approximate surface area is 112 Å². The lowest BCUT2D eigenvalue weighted by atomic mass is 9.67. The molecule has 1 saturated carbocycles. The molecule has 3 atom stereocenters. The van der Waals surface area contributed by atoms with Crippen molar-refractivity contribution in [3.63, 3.8) is 0 Å². The largest absolute Gasteiger partial charge is 0.295 e. The minimum absolute atomic E-state index is 0.0109. The Morgan fingerprint density at radius 3 is 2.89 bits per heavy atom. The monoisotopic (exact) mass is 259 g/mol. The summed E-state index contributed by atoms with van der Waals surface area (Å²) in [6, 6.07) is 0. The standard InChI is InChI=1S/C15H17NO3/c1-4-6-15-7-5-11(17)8-12(15)13(10(3)16-19)14(18)9(15)2/h5-7,9,12,16,19H,1,8H2,2-3H3/b13-10+/t9-,12+,15-/m1/s1. The zero-order valence-electron chi connectivity index (χ0n) is 11.1. The Hall–Kier alpha value is -1.90. The second kappa shape index (κ2) is 4.65. The molecule has 1 fully saturated rings. The van der Waals surface area contributed by atoms with Crippen molar-refractivity contribution < 1.29 is 14.8 Å². The maximum absolute atomic E-state index is 12.4. The number of allylic oxidation sites excluding steroid dienone is 5. The number of hydroxylamine groups is 1. The Balaban J connectivity index is 2.69. The van der Waals surface area contributed by atoms with E-state index in [1.807, 2.05) is 12.4 Å². The predicted molar refractivity (Wildman–Crippen MR) is 70.2 cm³/mol. The van der Waals surface area contributed by atoms with Gasteiger partial charge in [0.05, 0.1) is 0 Å². The summed E-state index contributed by atoms with van der Waals surface area (Å²) in [6.07, 6.45) is 5.33. The molecule has 2 N–H and O–H groups in total. The third-order valence-electron chi connectivity index (χ3n) is 4.25. The van der Waals surface area contributed by atoms with E-state index in [1.54, 1.807) is 19.1 Å². The summed E-state index contributed by atoms with van der Waals surface area (Å²) in [6.45, 7) is 7.06. The van der Waals surface area contributed by atoms with Crippen LogP contribution in [0.4, 0.5) is 0 Å². The van der Waals surface area contributed by atoms with E-state index < -0.39 is 5.41 Å². The predicted octanol–water partition coefficient (Wildman–Crippen LogP) is 1.93. The number of carbonyl (C=O) groups excluding carboxylic acids is 2. The summed E-state index contributed by atoms with van der Waals surface area (Å²) in [5.41, 5.74) is 5.14. The first-order valence-electron chi connectivity index (χ1n) is 6.22. The van der Waals surface area contributed by atoms with Gasteiger partial charge >= 0.3 is 0 Å². The summed E-state index contributed by atoms with van der Waals surface area (Å²) < 4.78 is 0. The Morgan fingerprint density at radius 2 is 2.32 bits per heavy atom. The molecular weight excluding hydrogens is 242 g/mol. The Kier molecular flexibility index (Phi) is 3.31. The van der Waals surface area contributed by atoms with Crippen molar-refractivity contribution in [1.82, 2.24) is 5.48 Å². The number of hydrogen-bond acceptors (Lipinski definition) is 4. The van der Waals surface area contributed by atoms with Crippen molar-refractivity contribution >= 4 is 11.6 Å². The second-order valence-electron chi connectivity index (χ2n) is 5.14. The van der Waals surface area contributed by atoms with Crippen LogP contribution in [0.25, 0.3) is 0 Å². The molecule has 0 spiro atoms. The number of rotatable bonds is 2. The van der Waals surface area contributed by atoms with E-state index in [9.17, 15) is 9.59 Å². The fourth-order valence-electron chi connectivity index (χ4n) is 3.19. The van der Waals surface area contributed by atoms with Crippen molar-refractivity contribution in [2.45, 2.75) is 20.3 Å². The van der Waals surface area contributed by atoms with Gasteiger partial charge in [-0.15, -0.1) is 5.73 Å². The maximum Gasteiger partial charge on any atom is 0.165 e. The fraction of sp³-hybridized carbons (Fsp3) is 0.400. The highest BCUT2D eigenvalue weighted by Gasteiger charge is 2.55. The van der Waals surface area contributed by atoms with E-state index >= 15 is 0 Å². The van der Waals surface area contributed by atoms with E-state index in [0.717, 1.165) is 0 Å². The van der Waals surface area contributed by atoms with Crippen molar-refractivity contribution in [2.75, 3.05) is 0 Å². The summed E-state index contributed by atoms with van der Waals surface area (Å²) in [4.78, 5) is 24.1. The van der Waals surface area contributed by atoms with E-state index in [1.165, 1.54) is 6.08 Å². The van der Waals surface area contributed by atoms with E-state index in [2.05, 4.69) is 12.3 Å². The maximum atomic E-state index is 12.4. The molecule has 4 nitrogen and oxygen atoms in total. The summed E-state index contributed by atoms with van der Waals surface area (Å²) in [5.74, 6) is -0.617. The van der Waals surface area contributed by atoms with Crippen LogP contribution < -0.4 is 5.48 Å². The average Bonchev–Trinajstić information content (AvgIpc) is 2.60. The van der Waals surface area contributed by atoms with Crippen LogP contribution in [0.2, 0.25) is 0 Å². The molecule has 0 amide bonds.